The van der Waals surface area contributed by atoms with Crippen LogP contribution in [-0.4, -0.2) is 65.9 Å². The van der Waals surface area contributed by atoms with E-state index in [0.29, 0.717) is 6.61 Å². The number of amides is 1. The summed E-state index contributed by atoms with van der Waals surface area (Å²) in [4.78, 5) is 16.1. The van der Waals surface area contributed by atoms with Crippen molar-refractivity contribution in [3.8, 4) is 0 Å². The molecule has 0 unspecified atom stereocenters. The van der Waals surface area contributed by atoms with E-state index in [1.807, 2.05) is 20.8 Å². The van der Waals surface area contributed by atoms with Gasteiger partial charge in [0.1, 0.15) is 5.60 Å². The van der Waals surface area contributed by atoms with E-state index < -0.39 is 5.60 Å². The number of hydrogen-bond donors (Lipinski definition) is 1. The van der Waals surface area contributed by atoms with Gasteiger partial charge in [-0.2, -0.15) is 0 Å². The van der Waals surface area contributed by atoms with Crippen molar-refractivity contribution in [2.24, 2.45) is 0 Å². The third-order valence-corrected chi connectivity index (χ3v) is 3.41. The van der Waals surface area contributed by atoms with Gasteiger partial charge in [0.2, 0.25) is 0 Å². The van der Waals surface area contributed by atoms with E-state index in [0.717, 1.165) is 45.6 Å². The van der Waals surface area contributed by atoms with Crippen LogP contribution in [0.3, 0.4) is 0 Å². The number of nitrogens with zero attached hydrogens (tertiary/aromatic N) is 2. The summed E-state index contributed by atoms with van der Waals surface area (Å²) in [5, 5.41) is 8.72. The summed E-state index contributed by atoms with van der Waals surface area (Å²) in [6.45, 7) is 10.5. The first-order valence-electron chi connectivity index (χ1n) is 7.73. The second-order valence-electron chi connectivity index (χ2n) is 6.45. The zero-order chi connectivity index (χ0) is 15.0. The molecule has 0 atom stereocenters. The van der Waals surface area contributed by atoms with E-state index in [4.69, 9.17) is 9.84 Å². The van der Waals surface area contributed by atoms with Gasteiger partial charge in [0.25, 0.3) is 0 Å². The van der Waals surface area contributed by atoms with E-state index in [-0.39, 0.29) is 6.09 Å². The van der Waals surface area contributed by atoms with Crippen molar-refractivity contribution in [3.05, 3.63) is 0 Å². The lowest BCUT2D eigenvalue weighted by Gasteiger charge is -2.35. The summed E-state index contributed by atoms with van der Waals surface area (Å²) < 4.78 is 5.38. The van der Waals surface area contributed by atoms with Crippen molar-refractivity contribution >= 4 is 6.09 Å². The molecule has 1 saturated heterocycles. The van der Waals surface area contributed by atoms with Gasteiger partial charge in [-0.3, -0.25) is 4.90 Å². The van der Waals surface area contributed by atoms with E-state index in [1.54, 1.807) is 4.90 Å². The Balaban J connectivity index is 2.15. The maximum atomic E-state index is 11.9. The van der Waals surface area contributed by atoms with Gasteiger partial charge in [0, 0.05) is 32.8 Å². The molecular weight excluding hydrogens is 256 g/mol. The van der Waals surface area contributed by atoms with Gasteiger partial charge in [-0.15, -0.1) is 0 Å². The van der Waals surface area contributed by atoms with E-state index in [9.17, 15) is 4.79 Å². The molecule has 1 heterocycles. The fourth-order valence-corrected chi connectivity index (χ4v) is 2.28. The first-order chi connectivity index (χ1) is 9.42. The number of rotatable bonds is 6. The fraction of sp³-hybridized carbons (Fsp3) is 0.933. The summed E-state index contributed by atoms with van der Waals surface area (Å²) in [6.07, 6.45) is 4.17. The van der Waals surface area contributed by atoms with Crippen molar-refractivity contribution < 1.29 is 14.6 Å². The first-order valence-corrected chi connectivity index (χ1v) is 7.73. The molecule has 5 nitrogen and oxygen atoms in total. The molecule has 0 saturated carbocycles. The lowest BCUT2D eigenvalue weighted by molar-refractivity contribution is 0.0144. The molecule has 0 aliphatic carbocycles. The Bertz CT molecular complexity index is 281. The van der Waals surface area contributed by atoms with Gasteiger partial charge in [-0.25, -0.2) is 4.79 Å². The van der Waals surface area contributed by atoms with Crippen LogP contribution in [0.4, 0.5) is 4.79 Å². The molecule has 0 aromatic rings. The van der Waals surface area contributed by atoms with Crippen LogP contribution in [0.2, 0.25) is 0 Å². The average Bonchev–Trinajstić information content (AvgIpc) is 2.37. The number of carbonyl (C=O) groups excluding carboxylic acids is 1. The molecule has 1 fully saturated rings. The number of unbranched alkanes of at least 4 members (excludes halogenated alkanes) is 3. The van der Waals surface area contributed by atoms with E-state index >= 15 is 0 Å². The Labute approximate surface area is 122 Å². The Hall–Kier alpha value is -0.810. The second-order valence-corrected chi connectivity index (χ2v) is 6.45. The summed E-state index contributed by atoms with van der Waals surface area (Å²) in [7, 11) is 0. The van der Waals surface area contributed by atoms with Crippen LogP contribution in [0.1, 0.15) is 46.5 Å². The van der Waals surface area contributed by atoms with Crippen molar-refractivity contribution in [2.75, 3.05) is 39.3 Å². The first kappa shape index (κ1) is 17.2. The standard InChI is InChI=1S/C15H30N2O3/c1-15(2,3)20-14(19)17-11-9-16(10-12-17)8-6-4-5-7-13-18/h18H,4-13H2,1-3H3. The number of ether oxygens (including phenoxy) is 1. The highest BCUT2D eigenvalue weighted by molar-refractivity contribution is 5.68. The summed E-state index contributed by atoms with van der Waals surface area (Å²) >= 11 is 0. The van der Waals surface area contributed by atoms with Crippen LogP contribution in [0, 0.1) is 0 Å². The summed E-state index contributed by atoms with van der Waals surface area (Å²) in [5.74, 6) is 0. The Kier molecular flexibility index (Phi) is 7.30. The SMILES string of the molecule is CC(C)(C)OC(=O)N1CCN(CCCCCCO)CC1. The number of carbonyl (C=O) groups is 1. The predicted octanol–water partition coefficient (Wildman–Crippen LogP) is 2.09. The van der Waals surface area contributed by atoms with Gasteiger partial charge >= 0.3 is 6.09 Å². The largest absolute Gasteiger partial charge is 0.444 e. The third kappa shape index (κ3) is 7.10. The zero-order valence-corrected chi connectivity index (χ0v) is 13.2. The fourth-order valence-electron chi connectivity index (χ4n) is 2.28. The highest BCUT2D eigenvalue weighted by atomic mass is 16.6. The molecule has 1 aliphatic heterocycles. The minimum Gasteiger partial charge on any atom is -0.444 e. The number of piperazine rings is 1. The van der Waals surface area contributed by atoms with Gasteiger partial charge in [-0.1, -0.05) is 12.8 Å². The Morgan fingerprint density at radius 2 is 1.65 bits per heavy atom. The van der Waals surface area contributed by atoms with Crippen LogP contribution in [0.25, 0.3) is 0 Å². The molecule has 1 amide bonds. The molecule has 1 rings (SSSR count). The monoisotopic (exact) mass is 286 g/mol. The molecule has 0 bridgehead atoms. The smallest absolute Gasteiger partial charge is 0.410 e. The van der Waals surface area contributed by atoms with Crippen LogP contribution in [-0.2, 0) is 4.74 Å². The number of aliphatic hydroxyl groups excluding tert-OH is 1. The molecule has 0 radical (unpaired) electrons. The number of aliphatic hydroxyl groups is 1. The quantitative estimate of drug-likeness (QED) is 0.760. The normalized spacial score (nSPS) is 17.3. The van der Waals surface area contributed by atoms with Crippen LogP contribution in [0.15, 0.2) is 0 Å². The Morgan fingerprint density at radius 3 is 2.20 bits per heavy atom. The molecule has 1 aliphatic rings. The topological polar surface area (TPSA) is 53.0 Å². The van der Waals surface area contributed by atoms with Gasteiger partial charge < -0.3 is 14.7 Å². The molecule has 0 aromatic heterocycles. The predicted molar refractivity (Wildman–Crippen MR) is 79.8 cm³/mol. The average molecular weight is 286 g/mol. The number of hydrogen-bond acceptors (Lipinski definition) is 4. The molecule has 0 spiro atoms. The second kappa shape index (κ2) is 8.47. The van der Waals surface area contributed by atoms with E-state index in [2.05, 4.69) is 4.90 Å². The lowest BCUT2D eigenvalue weighted by Crippen LogP contribution is -2.50. The van der Waals surface area contributed by atoms with Crippen LogP contribution in [0.5, 0.6) is 0 Å². The summed E-state index contributed by atoms with van der Waals surface area (Å²) in [5.41, 5.74) is -0.416. The van der Waals surface area contributed by atoms with Gasteiger partial charge in [-0.05, 0) is 40.2 Å². The van der Waals surface area contributed by atoms with Gasteiger partial charge in [0.15, 0.2) is 0 Å². The van der Waals surface area contributed by atoms with Gasteiger partial charge in [0.05, 0.1) is 0 Å². The molecule has 5 heteroatoms. The van der Waals surface area contributed by atoms with Crippen LogP contribution >= 0.6 is 0 Å². The minimum atomic E-state index is -0.416. The maximum absolute atomic E-state index is 11.9. The highest BCUT2D eigenvalue weighted by Gasteiger charge is 2.25. The Morgan fingerprint density at radius 1 is 1.05 bits per heavy atom. The lowest BCUT2D eigenvalue weighted by atomic mass is 10.2. The maximum Gasteiger partial charge on any atom is 0.410 e. The molecular formula is C15H30N2O3. The highest BCUT2D eigenvalue weighted by Crippen LogP contribution is 2.12. The van der Waals surface area contributed by atoms with Crippen molar-refractivity contribution in [1.82, 2.24) is 9.80 Å². The minimum absolute atomic E-state index is 0.194. The third-order valence-electron chi connectivity index (χ3n) is 3.41. The van der Waals surface area contributed by atoms with Crippen molar-refractivity contribution in [2.45, 2.75) is 52.1 Å². The summed E-state index contributed by atoms with van der Waals surface area (Å²) in [6, 6.07) is 0. The molecule has 20 heavy (non-hydrogen) atoms. The zero-order valence-electron chi connectivity index (χ0n) is 13.2. The van der Waals surface area contributed by atoms with Crippen molar-refractivity contribution in [1.29, 1.82) is 0 Å². The molecule has 118 valence electrons. The van der Waals surface area contributed by atoms with E-state index in [1.165, 1.54) is 12.8 Å². The molecule has 1 N–H and O–H groups in total. The molecule has 0 aromatic carbocycles. The van der Waals surface area contributed by atoms with Crippen molar-refractivity contribution in [3.63, 3.8) is 0 Å². The van der Waals surface area contributed by atoms with Crippen LogP contribution < -0.4 is 0 Å².